The molecule has 0 radical (unpaired) electrons. The Morgan fingerprint density at radius 1 is 1.09 bits per heavy atom. The molecule has 1 atom stereocenters. The van der Waals surface area contributed by atoms with Crippen LogP contribution in [0.3, 0.4) is 0 Å². The Bertz CT molecular complexity index is 1190. The Morgan fingerprint density at radius 2 is 1.71 bits per heavy atom. The molecule has 3 N–H and O–H groups in total. The average molecular weight is 463 g/mol. The zero-order valence-electron chi connectivity index (χ0n) is 18.9. The number of carbonyl (C=O) groups is 3. The van der Waals surface area contributed by atoms with Gasteiger partial charge < -0.3 is 15.2 Å². The second-order valence-corrected chi connectivity index (χ2v) is 8.32. The van der Waals surface area contributed by atoms with Crippen molar-refractivity contribution in [3.05, 3.63) is 71.4 Å². The van der Waals surface area contributed by atoms with E-state index in [1.807, 2.05) is 36.4 Å². The van der Waals surface area contributed by atoms with Crippen molar-refractivity contribution in [2.75, 3.05) is 11.9 Å². The fourth-order valence-electron chi connectivity index (χ4n) is 4.19. The minimum Gasteiger partial charge on any atom is -0.481 e. The lowest BCUT2D eigenvalue weighted by Crippen LogP contribution is -2.33. The molecule has 1 heterocycles. The van der Waals surface area contributed by atoms with Gasteiger partial charge in [-0.25, -0.2) is 4.79 Å². The van der Waals surface area contributed by atoms with Crippen molar-refractivity contribution in [2.45, 2.75) is 31.7 Å². The van der Waals surface area contributed by atoms with E-state index in [1.165, 1.54) is 10.9 Å². The van der Waals surface area contributed by atoms with Gasteiger partial charge in [0.05, 0.1) is 0 Å². The van der Waals surface area contributed by atoms with Gasteiger partial charge in [0.1, 0.15) is 12.2 Å². The maximum Gasteiger partial charge on any atom is 0.412 e. The number of ether oxygens (including phenoxy) is 1. The van der Waals surface area contributed by atoms with Crippen LogP contribution in [0.25, 0.3) is 11.1 Å². The second kappa shape index (κ2) is 9.78. The highest BCUT2D eigenvalue weighted by molar-refractivity contribution is 6.01. The zero-order valence-corrected chi connectivity index (χ0v) is 18.9. The third-order valence-electron chi connectivity index (χ3n) is 5.81. The molecule has 2 aromatic carbocycles. The van der Waals surface area contributed by atoms with Crippen LogP contribution in [0.1, 0.15) is 47.2 Å². The number of carboxylic acids is 1. The Labute approximate surface area is 196 Å². The number of carboxylic acid groups (broad SMARTS) is 1. The van der Waals surface area contributed by atoms with Crippen molar-refractivity contribution >= 4 is 23.8 Å². The quantitative estimate of drug-likeness (QED) is 0.468. The summed E-state index contributed by atoms with van der Waals surface area (Å²) in [6.07, 6.45) is 1.00. The molecular formula is C25H26N4O5. The molecular weight excluding hydrogens is 436 g/mol. The number of aryl methyl sites for hydroxylation is 1. The number of nitrogens with zero attached hydrogens (tertiary/aromatic N) is 2. The number of aromatic nitrogens is 2. The van der Waals surface area contributed by atoms with Crippen LogP contribution in [0.15, 0.2) is 54.7 Å². The summed E-state index contributed by atoms with van der Waals surface area (Å²) in [6, 6.07) is 15.7. The first-order valence-electron chi connectivity index (χ1n) is 11.0. The lowest BCUT2D eigenvalue weighted by molar-refractivity contribution is -0.137. The molecule has 0 fully saturated rings. The van der Waals surface area contributed by atoms with E-state index in [0.29, 0.717) is 0 Å². The Balaban J connectivity index is 1.41. The minimum absolute atomic E-state index is 0.0562. The minimum atomic E-state index is -0.930. The lowest BCUT2D eigenvalue weighted by atomic mass is 9.98. The maximum absolute atomic E-state index is 12.7. The summed E-state index contributed by atoms with van der Waals surface area (Å²) in [7, 11) is 1.63. The third-order valence-corrected chi connectivity index (χ3v) is 5.81. The van der Waals surface area contributed by atoms with E-state index < -0.39 is 18.0 Å². The Hall–Kier alpha value is -4.14. The summed E-state index contributed by atoms with van der Waals surface area (Å²) in [5, 5.41) is 18.3. The fourth-order valence-corrected chi connectivity index (χ4v) is 4.19. The van der Waals surface area contributed by atoms with Crippen molar-refractivity contribution in [3.8, 4) is 11.1 Å². The van der Waals surface area contributed by atoms with Crippen LogP contribution >= 0.6 is 0 Å². The van der Waals surface area contributed by atoms with Crippen LogP contribution in [0, 0.1) is 0 Å². The summed E-state index contributed by atoms with van der Waals surface area (Å²) in [6.45, 7) is 1.86. The molecule has 2 amide bonds. The molecule has 3 aromatic rings. The highest BCUT2D eigenvalue weighted by Gasteiger charge is 2.29. The van der Waals surface area contributed by atoms with Gasteiger partial charge in [0.2, 0.25) is 0 Å². The second-order valence-electron chi connectivity index (χ2n) is 8.32. The summed E-state index contributed by atoms with van der Waals surface area (Å²) in [5.41, 5.74) is 4.63. The van der Waals surface area contributed by atoms with Gasteiger partial charge >= 0.3 is 12.1 Å². The number of hydrogen-bond acceptors (Lipinski definition) is 5. The number of fused-ring (bicyclic) bond motifs is 3. The first-order chi connectivity index (χ1) is 16.3. The van der Waals surface area contributed by atoms with Crippen LogP contribution in [0.4, 0.5) is 10.6 Å². The molecule has 0 saturated carbocycles. The molecule has 0 spiro atoms. The van der Waals surface area contributed by atoms with E-state index in [0.717, 1.165) is 22.3 Å². The van der Waals surface area contributed by atoms with E-state index >= 15 is 0 Å². The van der Waals surface area contributed by atoms with Crippen LogP contribution in [0.2, 0.25) is 0 Å². The average Bonchev–Trinajstić information content (AvgIpc) is 3.33. The molecule has 34 heavy (non-hydrogen) atoms. The number of hydrogen-bond donors (Lipinski definition) is 3. The van der Waals surface area contributed by atoms with Gasteiger partial charge in [-0.05, 0) is 35.6 Å². The smallest absolute Gasteiger partial charge is 0.412 e. The normalized spacial score (nSPS) is 13.0. The van der Waals surface area contributed by atoms with Crippen molar-refractivity contribution in [1.29, 1.82) is 0 Å². The van der Waals surface area contributed by atoms with E-state index in [9.17, 15) is 14.4 Å². The van der Waals surface area contributed by atoms with Crippen LogP contribution < -0.4 is 10.6 Å². The van der Waals surface area contributed by atoms with Crippen molar-refractivity contribution in [1.82, 2.24) is 15.1 Å². The van der Waals surface area contributed by atoms with Gasteiger partial charge in [0.25, 0.3) is 5.91 Å². The first kappa shape index (κ1) is 23.0. The van der Waals surface area contributed by atoms with E-state index in [-0.39, 0.29) is 42.8 Å². The highest BCUT2D eigenvalue weighted by Crippen LogP contribution is 2.44. The Kier molecular flexibility index (Phi) is 6.62. The standard InChI is InChI=1S/C25H26N4O5/c1-15(11-12-22(30)31)26-24(32)20-13-29(2)28-23(20)27-25(33)34-14-21-18-9-5-3-7-16(18)17-8-4-6-10-19(17)21/h3-10,13,15,21H,11-12,14H2,1-2H3,(H,26,32)(H,30,31)(H,27,28,33). The van der Waals surface area contributed by atoms with Gasteiger partial charge in [-0.2, -0.15) is 5.10 Å². The van der Waals surface area contributed by atoms with Gasteiger partial charge in [-0.1, -0.05) is 48.5 Å². The fraction of sp³-hybridized carbons (Fsp3) is 0.280. The molecule has 9 heteroatoms. The molecule has 0 saturated heterocycles. The van der Waals surface area contributed by atoms with Crippen molar-refractivity contribution in [2.24, 2.45) is 7.05 Å². The summed E-state index contributed by atoms with van der Waals surface area (Å²) >= 11 is 0. The van der Waals surface area contributed by atoms with E-state index in [1.54, 1.807) is 14.0 Å². The number of amides is 2. The zero-order chi connectivity index (χ0) is 24.2. The molecule has 1 aliphatic rings. The number of aliphatic carboxylic acids is 1. The SMILES string of the molecule is CC(CCC(=O)O)NC(=O)c1cn(C)nc1NC(=O)OCC1c2ccccc2-c2ccccc21. The summed E-state index contributed by atoms with van der Waals surface area (Å²) in [5.74, 6) is -1.40. The monoisotopic (exact) mass is 462 g/mol. The molecule has 1 aliphatic carbocycles. The van der Waals surface area contributed by atoms with Crippen molar-refractivity contribution in [3.63, 3.8) is 0 Å². The van der Waals surface area contributed by atoms with E-state index in [2.05, 4.69) is 27.9 Å². The molecule has 176 valence electrons. The van der Waals surface area contributed by atoms with Gasteiger partial charge in [0, 0.05) is 31.6 Å². The van der Waals surface area contributed by atoms with Crippen LogP contribution in [0.5, 0.6) is 0 Å². The molecule has 4 rings (SSSR count). The van der Waals surface area contributed by atoms with Gasteiger partial charge in [-0.3, -0.25) is 19.6 Å². The third kappa shape index (κ3) is 4.93. The van der Waals surface area contributed by atoms with Gasteiger partial charge in [0.15, 0.2) is 5.82 Å². The summed E-state index contributed by atoms with van der Waals surface area (Å²) in [4.78, 5) is 36.0. The maximum atomic E-state index is 12.7. The number of anilines is 1. The predicted octanol–water partition coefficient (Wildman–Crippen LogP) is 3.76. The van der Waals surface area contributed by atoms with Crippen molar-refractivity contribution < 1.29 is 24.2 Å². The van der Waals surface area contributed by atoms with E-state index in [4.69, 9.17) is 9.84 Å². The molecule has 0 bridgehead atoms. The molecule has 9 nitrogen and oxygen atoms in total. The number of nitrogens with one attached hydrogen (secondary N) is 2. The highest BCUT2D eigenvalue weighted by atomic mass is 16.5. The molecule has 1 aromatic heterocycles. The molecule has 0 aliphatic heterocycles. The van der Waals surface area contributed by atoms with Gasteiger partial charge in [-0.15, -0.1) is 0 Å². The van der Waals surface area contributed by atoms with Crippen LogP contribution in [-0.2, 0) is 16.6 Å². The number of carbonyl (C=O) groups excluding carboxylic acids is 2. The molecule has 1 unspecified atom stereocenters. The Morgan fingerprint density at radius 3 is 2.32 bits per heavy atom. The number of rotatable bonds is 8. The predicted molar refractivity (Wildman–Crippen MR) is 126 cm³/mol. The van der Waals surface area contributed by atoms with Crippen LogP contribution in [-0.4, -0.2) is 45.5 Å². The summed E-state index contributed by atoms with van der Waals surface area (Å²) < 4.78 is 6.95. The number of benzene rings is 2. The lowest BCUT2D eigenvalue weighted by Gasteiger charge is -2.15. The first-order valence-corrected chi connectivity index (χ1v) is 11.0. The topological polar surface area (TPSA) is 123 Å². The largest absolute Gasteiger partial charge is 0.481 e.